The highest BCUT2D eigenvalue weighted by molar-refractivity contribution is 5.92. The van der Waals surface area contributed by atoms with Crippen molar-refractivity contribution in [3.8, 4) is 0 Å². The fourth-order valence-electron chi connectivity index (χ4n) is 2.59. The summed E-state index contributed by atoms with van der Waals surface area (Å²) in [6.45, 7) is 3.81. The second kappa shape index (κ2) is 6.82. The highest BCUT2D eigenvalue weighted by Gasteiger charge is 2.35. The Kier molecular flexibility index (Phi) is 5.08. The van der Waals surface area contributed by atoms with Crippen LogP contribution in [0, 0.1) is 0 Å². The summed E-state index contributed by atoms with van der Waals surface area (Å²) >= 11 is 0. The summed E-state index contributed by atoms with van der Waals surface area (Å²) in [5.41, 5.74) is 0.314. The zero-order valence-electron chi connectivity index (χ0n) is 12.8. The lowest BCUT2D eigenvalue weighted by Gasteiger charge is -2.26. The summed E-state index contributed by atoms with van der Waals surface area (Å²) in [4.78, 5) is 24.6. The van der Waals surface area contributed by atoms with Crippen molar-refractivity contribution in [3.63, 3.8) is 0 Å². The maximum Gasteiger partial charge on any atom is 0.274 e. The summed E-state index contributed by atoms with van der Waals surface area (Å²) < 4.78 is 0. The Labute approximate surface area is 125 Å². The van der Waals surface area contributed by atoms with Gasteiger partial charge < -0.3 is 20.2 Å². The van der Waals surface area contributed by atoms with Crippen LogP contribution in [0.2, 0.25) is 0 Å². The summed E-state index contributed by atoms with van der Waals surface area (Å²) in [7, 11) is 3.91. The molecule has 1 saturated heterocycles. The van der Waals surface area contributed by atoms with E-state index in [1.165, 1.54) is 6.20 Å². The maximum atomic E-state index is 12.5. The molecule has 1 aromatic rings. The van der Waals surface area contributed by atoms with Crippen molar-refractivity contribution in [1.82, 2.24) is 19.8 Å². The van der Waals surface area contributed by atoms with Crippen molar-refractivity contribution in [2.75, 3.05) is 39.0 Å². The van der Waals surface area contributed by atoms with Gasteiger partial charge in [0, 0.05) is 25.7 Å². The van der Waals surface area contributed by atoms with Crippen LogP contribution in [0.5, 0.6) is 0 Å². The fraction of sp³-hybridized carbons (Fsp3) is 0.643. The van der Waals surface area contributed by atoms with Crippen LogP contribution in [-0.4, -0.2) is 76.7 Å². The van der Waals surface area contributed by atoms with E-state index in [4.69, 9.17) is 0 Å². The molecule has 0 saturated carbocycles. The van der Waals surface area contributed by atoms with Gasteiger partial charge in [-0.3, -0.25) is 4.79 Å². The lowest BCUT2D eigenvalue weighted by molar-refractivity contribution is 0.0693. The fourth-order valence-corrected chi connectivity index (χ4v) is 2.59. The second-order valence-corrected chi connectivity index (χ2v) is 5.58. The molecule has 2 atom stereocenters. The van der Waals surface area contributed by atoms with E-state index < -0.39 is 6.10 Å². The average molecular weight is 293 g/mol. The van der Waals surface area contributed by atoms with Gasteiger partial charge in [-0.2, -0.15) is 0 Å². The summed E-state index contributed by atoms with van der Waals surface area (Å²) in [5, 5.41) is 12.9. The first-order valence-corrected chi connectivity index (χ1v) is 7.21. The van der Waals surface area contributed by atoms with E-state index in [2.05, 4.69) is 15.3 Å². The zero-order chi connectivity index (χ0) is 15.4. The quantitative estimate of drug-likeness (QED) is 0.798. The number of aromatic nitrogens is 2. The van der Waals surface area contributed by atoms with Crippen LogP contribution in [0.1, 0.15) is 23.8 Å². The Morgan fingerprint density at radius 1 is 1.48 bits per heavy atom. The number of rotatable bonds is 5. The molecular formula is C14H23N5O2. The lowest BCUT2D eigenvalue weighted by Crippen LogP contribution is -2.41. The molecular weight excluding hydrogens is 270 g/mol. The van der Waals surface area contributed by atoms with Crippen LogP contribution in [-0.2, 0) is 0 Å². The number of likely N-dealkylation sites (tertiary alicyclic amines) is 1. The predicted molar refractivity (Wildman–Crippen MR) is 80.2 cm³/mol. The number of hydrogen-bond acceptors (Lipinski definition) is 6. The summed E-state index contributed by atoms with van der Waals surface area (Å²) in [5.74, 6) is 0.481. The van der Waals surface area contributed by atoms with E-state index in [-0.39, 0.29) is 11.9 Å². The highest BCUT2D eigenvalue weighted by atomic mass is 16.3. The van der Waals surface area contributed by atoms with Crippen LogP contribution in [0.4, 0.5) is 5.82 Å². The average Bonchev–Trinajstić information content (AvgIpc) is 2.79. The van der Waals surface area contributed by atoms with E-state index in [0.29, 0.717) is 24.5 Å². The number of likely N-dealkylation sites (N-methyl/N-ethyl adjacent to an activating group) is 1. The molecule has 2 unspecified atom stereocenters. The molecule has 7 heteroatoms. The minimum atomic E-state index is -0.465. The van der Waals surface area contributed by atoms with Gasteiger partial charge in [0.15, 0.2) is 0 Å². The third-order valence-electron chi connectivity index (χ3n) is 3.46. The van der Waals surface area contributed by atoms with Gasteiger partial charge in [0.2, 0.25) is 0 Å². The minimum Gasteiger partial charge on any atom is -0.391 e. The van der Waals surface area contributed by atoms with Gasteiger partial charge in [-0.15, -0.1) is 0 Å². The van der Waals surface area contributed by atoms with Gasteiger partial charge >= 0.3 is 0 Å². The van der Waals surface area contributed by atoms with E-state index >= 15 is 0 Å². The molecule has 116 valence electrons. The molecule has 0 spiro atoms. The minimum absolute atomic E-state index is 0.0118. The molecule has 2 rings (SSSR count). The number of amides is 1. The number of aliphatic hydroxyl groups is 1. The SMILES string of the molecule is CCNc1cnc(C(=O)N2CC(O)CC2CN(C)C)cn1. The third-order valence-corrected chi connectivity index (χ3v) is 3.46. The molecule has 1 fully saturated rings. The van der Waals surface area contributed by atoms with Gasteiger partial charge in [0.05, 0.1) is 18.5 Å². The second-order valence-electron chi connectivity index (χ2n) is 5.58. The van der Waals surface area contributed by atoms with E-state index in [0.717, 1.165) is 13.1 Å². The van der Waals surface area contributed by atoms with Gasteiger partial charge in [-0.05, 0) is 27.4 Å². The van der Waals surface area contributed by atoms with Gasteiger partial charge in [0.25, 0.3) is 5.91 Å². The molecule has 7 nitrogen and oxygen atoms in total. The number of carbonyl (C=O) groups is 1. The molecule has 0 bridgehead atoms. The molecule has 0 radical (unpaired) electrons. The number of nitrogens with one attached hydrogen (secondary N) is 1. The van der Waals surface area contributed by atoms with Crippen molar-refractivity contribution >= 4 is 11.7 Å². The zero-order valence-corrected chi connectivity index (χ0v) is 12.8. The van der Waals surface area contributed by atoms with Crippen molar-refractivity contribution in [3.05, 3.63) is 18.1 Å². The van der Waals surface area contributed by atoms with Crippen molar-refractivity contribution in [2.45, 2.75) is 25.5 Å². The first-order valence-electron chi connectivity index (χ1n) is 7.21. The van der Waals surface area contributed by atoms with Gasteiger partial charge in [-0.25, -0.2) is 9.97 Å². The predicted octanol–water partition coefficient (Wildman–Crippen LogP) is 0.0454. The Morgan fingerprint density at radius 2 is 2.24 bits per heavy atom. The van der Waals surface area contributed by atoms with Crippen LogP contribution in [0.15, 0.2) is 12.4 Å². The monoisotopic (exact) mass is 293 g/mol. The van der Waals surface area contributed by atoms with Crippen LogP contribution in [0.3, 0.4) is 0 Å². The first kappa shape index (κ1) is 15.7. The molecule has 1 amide bonds. The van der Waals surface area contributed by atoms with E-state index in [9.17, 15) is 9.90 Å². The molecule has 2 N–H and O–H groups in total. The Morgan fingerprint density at radius 3 is 2.81 bits per heavy atom. The van der Waals surface area contributed by atoms with Crippen molar-refractivity contribution in [2.24, 2.45) is 0 Å². The number of anilines is 1. The number of nitrogens with zero attached hydrogens (tertiary/aromatic N) is 4. The number of carbonyl (C=O) groups excluding carboxylic acids is 1. The maximum absolute atomic E-state index is 12.5. The highest BCUT2D eigenvalue weighted by Crippen LogP contribution is 2.20. The molecule has 1 aromatic heterocycles. The Hall–Kier alpha value is -1.73. The van der Waals surface area contributed by atoms with Crippen molar-refractivity contribution in [1.29, 1.82) is 0 Å². The standard InChI is InChI=1S/C14H23N5O2/c1-4-15-13-7-16-12(6-17-13)14(21)19-9-11(20)5-10(19)8-18(2)3/h6-7,10-11,20H,4-5,8-9H2,1-3H3,(H,15,17). The smallest absolute Gasteiger partial charge is 0.274 e. The molecule has 0 aliphatic carbocycles. The van der Waals surface area contributed by atoms with Crippen LogP contribution >= 0.6 is 0 Å². The Bertz CT molecular complexity index is 477. The largest absolute Gasteiger partial charge is 0.391 e. The normalized spacial score (nSPS) is 21.9. The van der Waals surface area contributed by atoms with Gasteiger partial charge in [0.1, 0.15) is 11.5 Å². The first-order chi connectivity index (χ1) is 10.0. The van der Waals surface area contributed by atoms with Crippen LogP contribution in [0.25, 0.3) is 0 Å². The molecule has 0 aromatic carbocycles. The number of hydrogen-bond donors (Lipinski definition) is 2. The lowest BCUT2D eigenvalue weighted by atomic mass is 10.2. The molecule has 21 heavy (non-hydrogen) atoms. The van der Waals surface area contributed by atoms with E-state index in [1.807, 2.05) is 25.9 Å². The van der Waals surface area contributed by atoms with Crippen molar-refractivity contribution < 1.29 is 9.90 Å². The molecule has 2 heterocycles. The van der Waals surface area contributed by atoms with Crippen LogP contribution < -0.4 is 5.32 Å². The number of aliphatic hydroxyl groups excluding tert-OH is 1. The Balaban J connectivity index is 2.10. The number of β-amino-alcohol motifs (C(OH)–C–C–N with tert-alkyl or cyclic N) is 1. The summed E-state index contributed by atoms with van der Waals surface area (Å²) in [6, 6.07) is 0.0118. The topological polar surface area (TPSA) is 81.6 Å². The third kappa shape index (κ3) is 3.89. The molecule has 1 aliphatic heterocycles. The van der Waals surface area contributed by atoms with Gasteiger partial charge in [-0.1, -0.05) is 0 Å². The summed E-state index contributed by atoms with van der Waals surface area (Å²) in [6.07, 6.45) is 3.18. The van der Waals surface area contributed by atoms with E-state index in [1.54, 1.807) is 11.1 Å². The molecule has 1 aliphatic rings.